The molecule has 1 aliphatic rings. The average molecular weight is 382 g/mol. The molecule has 3 aromatic rings. The number of amides is 1. The summed E-state index contributed by atoms with van der Waals surface area (Å²) in [5.41, 5.74) is 2.77. The lowest BCUT2D eigenvalue weighted by Crippen LogP contribution is -2.27. The van der Waals surface area contributed by atoms with E-state index in [9.17, 15) is 4.79 Å². The molecule has 0 saturated heterocycles. The molecule has 0 spiro atoms. The van der Waals surface area contributed by atoms with Crippen LogP contribution in [0.1, 0.15) is 23.0 Å². The molecule has 2 heterocycles. The van der Waals surface area contributed by atoms with Crippen LogP contribution < -0.4 is 14.8 Å². The summed E-state index contributed by atoms with van der Waals surface area (Å²) in [6, 6.07) is 13.8. The van der Waals surface area contributed by atoms with Crippen LogP contribution in [0, 0.1) is 0 Å². The fourth-order valence-electron chi connectivity index (χ4n) is 3.54. The third kappa shape index (κ3) is 3.25. The number of hydrogen-bond donors (Lipinski definition) is 1. The molecular weight excluding hydrogens is 360 g/mol. The van der Waals surface area contributed by atoms with Crippen LogP contribution in [-0.4, -0.2) is 29.9 Å². The van der Waals surface area contributed by atoms with Crippen LogP contribution in [0.3, 0.4) is 0 Å². The van der Waals surface area contributed by atoms with Gasteiger partial charge in [0.25, 0.3) is 5.91 Å². The van der Waals surface area contributed by atoms with Crippen LogP contribution in [-0.2, 0) is 13.1 Å². The van der Waals surface area contributed by atoms with Crippen molar-refractivity contribution in [3.05, 3.63) is 53.7 Å². The maximum atomic E-state index is 12.9. The largest absolute Gasteiger partial charge is 0.497 e. The van der Waals surface area contributed by atoms with Crippen LogP contribution in [0.4, 0.5) is 0 Å². The molecule has 0 unspecified atom stereocenters. The molecule has 1 aliphatic heterocycles. The molecule has 1 amide bonds. The van der Waals surface area contributed by atoms with Gasteiger partial charge in [0.15, 0.2) is 0 Å². The fraction of sp³-hybridized carbons (Fsp3) is 0.286. The molecule has 0 fully saturated rings. The first-order valence-corrected chi connectivity index (χ1v) is 9.76. The van der Waals surface area contributed by atoms with Gasteiger partial charge in [-0.1, -0.05) is 19.1 Å². The van der Waals surface area contributed by atoms with Gasteiger partial charge in [0.2, 0.25) is 0 Å². The van der Waals surface area contributed by atoms with Crippen LogP contribution in [0.5, 0.6) is 11.5 Å². The van der Waals surface area contributed by atoms with Gasteiger partial charge in [-0.05, 0) is 24.3 Å². The van der Waals surface area contributed by atoms with Gasteiger partial charge in [-0.3, -0.25) is 4.79 Å². The predicted molar refractivity (Wildman–Crippen MR) is 108 cm³/mol. The lowest BCUT2D eigenvalue weighted by molar-refractivity contribution is 0.0941. The second kappa shape index (κ2) is 7.19. The number of methoxy groups -OCH3 is 2. The number of benzene rings is 2. The van der Waals surface area contributed by atoms with E-state index in [2.05, 4.69) is 35.0 Å². The highest BCUT2D eigenvalue weighted by atomic mass is 32.2. The van der Waals surface area contributed by atoms with Crippen molar-refractivity contribution < 1.29 is 14.3 Å². The first-order chi connectivity index (χ1) is 13.1. The van der Waals surface area contributed by atoms with Crippen molar-refractivity contribution in [1.29, 1.82) is 0 Å². The lowest BCUT2D eigenvalue weighted by Gasteiger charge is -2.22. The third-order valence-corrected chi connectivity index (χ3v) is 5.95. The molecule has 0 aliphatic carbocycles. The number of hydrogen-bond acceptors (Lipinski definition) is 4. The molecule has 5 nitrogen and oxygen atoms in total. The lowest BCUT2D eigenvalue weighted by atomic mass is 10.2. The number of aromatic nitrogens is 1. The van der Waals surface area contributed by atoms with Crippen molar-refractivity contribution >= 4 is 28.6 Å². The monoisotopic (exact) mass is 382 g/mol. The maximum Gasteiger partial charge on any atom is 0.268 e. The number of carbonyl (C=O) groups excluding carboxylic acids is 1. The summed E-state index contributed by atoms with van der Waals surface area (Å²) in [5, 5.41) is 4.58. The topological polar surface area (TPSA) is 52.5 Å². The number of thioether (sulfide) groups is 1. The molecule has 6 heteroatoms. The van der Waals surface area contributed by atoms with Crippen LogP contribution in [0.25, 0.3) is 10.9 Å². The summed E-state index contributed by atoms with van der Waals surface area (Å²) in [6.07, 6.45) is 0. The van der Waals surface area contributed by atoms with E-state index >= 15 is 0 Å². The summed E-state index contributed by atoms with van der Waals surface area (Å²) in [6.45, 7) is 3.42. The van der Waals surface area contributed by atoms with E-state index in [1.807, 2.05) is 36.0 Å². The second-order valence-electron chi connectivity index (χ2n) is 6.62. The summed E-state index contributed by atoms with van der Waals surface area (Å²) in [4.78, 5) is 14.2. The zero-order valence-corrected chi connectivity index (χ0v) is 16.4. The number of carbonyl (C=O) groups is 1. The minimum Gasteiger partial charge on any atom is -0.497 e. The van der Waals surface area contributed by atoms with Crippen molar-refractivity contribution in [2.75, 3.05) is 14.2 Å². The zero-order chi connectivity index (χ0) is 19.0. The Hall–Kier alpha value is -2.60. The normalized spacial score (nSPS) is 15.6. The zero-order valence-electron chi connectivity index (χ0n) is 15.6. The quantitative estimate of drug-likeness (QED) is 0.722. The molecular formula is C21H22N2O3S. The number of nitrogens with zero attached hydrogens (tertiary/aromatic N) is 1. The molecule has 1 N–H and O–H groups in total. The first kappa shape index (κ1) is 17.8. The Morgan fingerprint density at radius 1 is 1.22 bits per heavy atom. The molecule has 2 aromatic carbocycles. The van der Waals surface area contributed by atoms with E-state index < -0.39 is 0 Å². The molecule has 1 atom stereocenters. The molecule has 140 valence electrons. The van der Waals surface area contributed by atoms with Crippen LogP contribution in [0.15, 0.2) is 47.4 Å². The Balaban J connectivity index is 1.60. The predicted octanol–water partition coefficient (Wildman–Crippen LogP) is 4.08. The Kier molecular flexibility index (Phi) is 4.74. The van der Waals surface area contributed by atoms with Gasteiger partial charge in [-0.25, -0.2) is 0 Å². The molecule has 1 aromatic heterocycles. The maximum absolute atomic E-state index is 12.9. The van der Waals surface area contributed by atoms with Crippen molar-refractivity contribution in [2.24, 2.45) is 0 Å². The minimum atomic E-state index is -0.0749. The Morgan fingerprint density at radius 3 is 2.85 bits per heavy atom. The van der Waals surface area contributed by atoms with Gasteiger partial charge in [0.05, 0.1) is 19.7 Å². The summed E-state index contributed by atoms with van der Waals surface area (Å²) < 4.78 is 12.8. The SMILES string of the molecule is COc1ccc(CNC(=O)c2cc3cccc4c3n2C[C@H](C)S4)c(OC)c1. The van der Waals surface area contributed by atoms with Crippen molar-refractivity contribution in [3.63, 3.8) is 0 Å². The Labute approximate surface area is 162 Å². The number of rotatable bonds is 5. The van der Waals surface area contributed by atoms with E-state index in [0.717, 1.165) is 28.8 Å². The minimum absolute atomic E-state index is 0.0749. The number of nitrogens with one attached hydrogen (secondary N) is 1. The highest BCUT2D eigenvalue weighted by Crippen LogP contribution is 2.38. The van der Waals surface area contributed by atoms with Gasteiger partial charge in [0.1, 0.15) is 17.2 Å². The highest BCUT2D eigenvalue weighted by Gasteiger charge is 2.24. The summed E-state index contributed by atoms with van der Waals surface area (Å²) in [7, 11) is 3.23. The van der Waals surface area contributed by atoms with E-state index in [0.29, 0.717) is 23.2 Å². The summed E-state index contributed by atoms with van der Waals surface area (Å²) in [5.74, 6) is 1.35. The molecule has 4 rings (SSSR count). The van der Waals surface area contributed by atoms with Gasteiger partial charge < -0.3 is 19.4 Å². The van der Waals surface area contributed by atoms with Crippen LogP contribution >= 0.6 is 11.8 Å². The van der Waals surface area contributed by atoms with Gasteiger partial charge in [-0.2, -0.15) is 0 Å². The van der Waals surface area contributed by atoms with Gasteiger partial charge >= 0.3 is 0 Å². The van der Waals surface area contributed by atoms with E-state index in [1.165, 1.54) is 4.90 Å². The smallest absolute Gasteiger partial charge is 0.268 e. The van der Waals surface area contributed by atoms with E-state index in [4.69, 9.17) is 9.47 Å². The molecule has 0 saturated carbocycles. The summed E-state index contributed by atoms with van der Waals surface area (Å²) >= 11 is 1.87. The first-order valence-electron chi connectivity index (χ1n) is 8.88. The molecule has 0 radical (unpaired) electrons. The molecule has 27 heavy (non-hydrogen) atoms. The van der Waals surface area contributed by atoms with E-state index in [-0.39, 0.29) is 5.91 Å². The Morgan fingerprint density at radius 2 is 2.07 bits per heavy atom. The van der Waals surface area contributed by atoms with Crippen molar-refractivity contribution in [2.45, 2.75) is 30.2 Å². The van der Waals surface area contributed by atoms with Gasteiger partial charge in [-0.15, -0.1) is 11.8 Å². The standard InChI is InChI=1S/C21H22N2O3S/c1-13-12-23-17(9-14-5-4-6-19(27-13)20(14)23)21(24)22-11-15-7-8-16(25-2)10-18(15)26-3/h4-10,13H,11-12H2,1-3H3,(H,22,24)/t13-/m0/s1. The van der Waals surface area contributed by atoms with E-state index in [1.54, 1.807) is 14.2 Å². The van der Waals surface area contributed by atoms with Gasteiger partial charge in [0, 0.05) is 40.3 Å². The van der Waals surface area contributed by atoms with Crippen molar-refractivity contribution in [1.82, 2.24) is 9.88 Å². The fourth-order valence-corrected chi connectivity index (χ4v) is 4.69. The Bertz CT molecular complexity index is 1010. The molecule has 0 bridgehead atoms. The third-order valence-electron chi connectivity index (χ3n) is 4.82. The number of para-hydroxylation sites is 1. The van der Waals surface area contributed by atoms with Crippen LogP contribution in [0.2, 0.25) is 0 Å². The van der Waals surface area contributed by atoms with Crippen molar-refractivity contribution in [3.8, 4) is 11.5 Å². The average Bonchev–Trinajstić information content (AvgIpc) is 3.05. The second-order valence-corrected chi connectivity index (χ2v) is 8.10. The highest BCUT2D eigenvalue weighted by molar-refractivity contribution is 8.00. The number of ether oxygens (including phenoxy) is 2.